The Bertz CT molecular complexity index is 974. The fourth-order valence-corrected chi connectivity index (χ4v) is 3.55. The van der Waals surface area contributed by atoms with Crippen LogP contribution in [-0.4, -0.2) is 26.1 Å². The zero-order valence-electron chi connectivity index (χ0n) is 17.1. The van der Waals surface area contributed by atoms with Gasteiger partial charge in [0.25, 0.3) is 0 Å². The van der Waals surface area contributed by atoms with Crippen LogP contribution >= 0.6 is 0 Å². The Balaban J connectivity index is 1.85. The van der Waals surface area contributed by atoms with E-state index in [9.17, 15) is 14.9 Å². The van der Waals surface area contributed by atoms with Crippen LogP contribution in [0.3, 0.4) is 0 Å². The van der Waals surface area contributed by atoms with Crippen molar-refractivity contribution in [3.05, 3.63) is 53.1 Å². The number of hydrogen-bond donors (Lipinski definition) is 1. The molecule has 1 aliphatic rings. The van der Waals surface area contributed by atoms with E-state index < -0.39 is 5.97 Å². The van der Waals surface area contributed by atoms with Crippen LogP contribution < -0.4 is 14.8 Å². The maximum atomic E-state index is 12.9. The summed E-state index contributed by atoms with van der Waals surface area (Å²) in [6.07, 6.45) is 3.72. The van der Waals surface area contributed by atoms with E-state index in [1.807, 2.05) is 0 Å². The monoisotopic (exact) mass is 408 g/mol. The highest BCUT2D eigenvalue weighted by Gasteiger charge is 2.26. The molecule has 7 nitrogen and oxygen atoms in total. The van der Waals surface area contributed by atoms with Crippen LogP contribution in [0.1, 0.15) is 47.2 Å². The molecule has 0 atom stereocenters. The first kappa shape index (κ1) is 21.2. The number of anilines is 1. The predicted molar refractivity (Wildman–Crippen MR) is 110 cm³/mol. The lowest BCUT2D eigenvalue weighted by Crippen LogP contribution is -2.22. The molecule has 0 radical (unpaired) electrons. The van der Waals surface area contributed by atoms with Gasteiger partial charge in [-0.2, -0.15) is 5.26 Å². The van der Waals surface area contributed by atoms with Gasteiger partial charge in [-0.1, -0.05) is 31.0 Å². The molecule has 1 N–H and O–H groups in total. The normalized spacial score (nSPS) is 13.4. The molecule has 0 aliphatic heterocycles. The molecule has 0 aromatic heterocycles. The minimum Gasteiger partial charge on any atom is -0.493 e. The first-order valence-corrected chi connectivity index (χ1v) is 9.79. The number of carbonyl (C=O) groups excluding carboxylic acids is 2. The molecule has 2 aromatic carbocycles. The van der Waals surface area contributed by atoms with Crippen molar-refractivity contribution in [1.82, 2.24) is 0 Å². The van der Waals surface area contributed by atoms with Gasteiger partial charge in [0.2, 0.25) is 5.91 Å². The number of methoxy groups -OCH3 is 2. The average Bonchev–Trinajstić information content (AvgIpc) is 3.32. The van der Waals surface area contributed by atoms with Gasteiger partial charge < -0.3 is 19.5 Å². The Hall–Kier alpha value is -3.53. The molecule has 0 bridgehead atoms. The Morgan fingerprint density at radius 3 is 2.43 bits per heavy atom. The summed E-state index contributed by atoms with van der Waals surface area (Å²) in [5, 5.41) is 12.1. The standard InChI is InChI=1S/C23H24N2O5/c1-28-20-11-18(23(27)30-14-17-10-6-5-9-16(17)13-24)19(12-21(20)29-2)25-22(26)15-7-3-4-8-15/h5-6,9-12,15H,3-4,7-8,14H2,1-2H3,(H,25,26). The van der Waals surface area contributed by atoms with E-state index in [-0.39, 0.29) is 24.0 Å². The molecule has 1 amide bonds. The first-order valence-electron chi connectivity index (χ1n) is 9.79. The molecule has 0 heterocycles. The second kappa shape index (κ2) is 9.79. The van der Waals surface area contributed by atoms with E-state index in [4.69, 9.17) is 14.2 Å². The summed E-state index contributed by atoms with van der Waals surface area (Å²) in [6.45, 7) is -0.0626. The molecule has 0 saturated heterocycles. The third-order valence-corrected chi connectivity index (χ3v) is 5.22. The van der Waals surface area contributed by atoms with Crippen LogP contribution in [0, 0.1) is 17.2 Å². The van der Waals surface area contributed by atoms with Crippen molar-refractivity contribution in [2.24, 2.45) is 5.92 Å². The van der Waals surface area contributed by atoms with Gasteiger partial charge in [-0.25, -0.2) is 4.79 Å². The third kappa shape index (κ3) is 4.71. The smallest absolute Gasteiger partial charge is 0.340 e. The van der Waals surface area contributed by atoms with E-state index in [2.05, 4.69) is 11.4 Å². The second-order valence-corrected chi connectivity index (χ2v) is 7.07. The maximum absolute atomic E-state index is 12.9. The topological polar surface area (TPSA) is 97.6 Å². The van der Waals surface area contributed by atoms with Crippen LogP contribution in [0.4, 0.5) is 5.69 Å². The quantitative estimate of drug-likeness (QED) is 0.694. The number of amides is 1. The third-order valence-electron chi connectivity index (χ3n) is 5.22. The Morgan fingerprint density at radius 2 is 1.77 bits per heavy atom. The summed E-state index contributed by atoms with van der Waals surface area (Å²) < 4.78 is 16.1. The van der Waals surface area contributed by atoms with E-state index >= 15 is 0 Å². The number of esters is 1. The highest BCUT2D eigenvalue weighted by Crippen LogP contribution is 2.35. The number of nitrogens with one attached hydrogen (secondary N) is 1. The van der Waals surface area contributed by atoms with Gasteiger partial charge in [0, 0.05) is 23.6 Å². The van der Waals surface area contributed by atoms with Gasteiger partial charge in [-0.15, -0.1) is 0 Å². The molecule has 2 aromatic rings. The second-order valence-electron chi connectivity index (χ2n) is 7.07. The number of rotatable bonds is 7. The molecular formula is C23H24N2O5. The summed E-state index contributed by atoms with van der Waals surface area (Å²) in [6, 6.07) is 12.0. The molecule has 156 valence electrons. The van der Waals surface area contributed by atoms with Crippen LogP contribution in [0.15, 0.2) is 36.4 Å². The van der Waals surface area contributed by atoms with Gasteiger partial charge in [0.05, 0.1) is 37.1 Å². The fraction of sp³-hybridized carbons (Fsp3) is 0.348. The van der Waals surface area contributed by atoms with Gasteiger partial charge in [-0.3, -0.25) is 4.79 Å². The van der Waals surface area contributed by atoms with Crippen molar-refractivity contribution < 1.29 is 23.8 Å². The number of nitrogens with zero attached hydrogens (tertiary/aromatic N) is 1. The minimum absolute atomic E-state index is 0.0626. The Labute approximate surface area is 175 Å². The number of benzene rings is 2. The summed E-state index contributed by atoms with van der Waals surface area (Å²) in [4.78, 5) is 25.5. The van der Waals surface area contributed by atoms with Gasteiger partial charge >= 0.3 is 5.97 Å². The molecule has 0 spiro atoms. The van der Waals surface area contributed by atoms with Gasteiger partial charge in [0.1, 0.15) is 6.61 Å². The SMILES string of the molecule is COc1cc(NC(=O)C2CCCC2)c(C(=O)OCc2ccccc2C#N)cc1OC. The van der Waals surface area contributed by atoms with Crippen LogP contribution in [-0.2, 0) is 16.1 Å². The molecular weight excluding hydrogens is 384 g/mol. The Morgan fingerprint density at radius 1 is 1.10 bits per heavy atom. The lowest BCUT2D eigenvalue weighted by molar-refractivity contribution is -0.119. The molecule has 30 heavy (non-hydrogen) atoms. The number of ether oxygens (including phenoxy) is 3. The predicted octanol–water partition coefficient (Wildman–Crippen LogP) is 4.06. The van der Waals surface area contributed by atoms with Crippen molar-refractivity contribution in [3.63, 3.8) is 0 Å². The van der Waals surface area contributed by atoms with E-state index in [1.54, 1.807) is 30.3 Å². The highest BCUT2D eigenvalue weighted by atomic mass is 16.5. The van der Waals surface area contributed by atoms with E-state index in [0.717, 1.165) is 25.7 Å². The van der Waals surface area contributed by atoms with E-state index in [0.29, 0.717) is 28.3 Å². The zero-order valence-corrected chi connectivity index (χ0v) is 17.1. The van der Waals surface area contributed by atoms with E-state index in [1.165, 1.54) is 20.3 Å². The number of carbonyl (C=O) groups is 2. The minimum atomic E-state index is -0.634. The summed E-state index contributed by atoms with van der Waals surface area (Å²) in [7, 11) is 2.95. The lowest BCUT2D eigenvalue weighted by atomic mass is 10.1. The van der Waals surface area contributed by atoms with Crippen molar-refractivity contribution in [1.29, 1.82) is 5.26 Å². The Kier molecular flexibility index (Phi) is 6.91. The summed E-state index contributed by atoms with van der Waals surface area (Å²) in [5.74, 6) is -0.0789. The summed E-state index contributed by atoms with van der Waals surface area (Å²) >= 11 is 0. The maximum Gasteiger partial charge on any atom is 0.340 e. The zero-order chi connectivity index (χ0) is 21.5. The van der Waals surface area contributed by atoms with Crippen LogP contribution in [0.25, 0.3) is 0 Å². The van der Waals surface area contributed by atoms with Crippen LogP contribution in [0.5, 0.6) is 11.5 Å². The van der Waals surface area contributed by atoms with Crippen molar-refractivity contribution in [3.8, 4) is 17.6 Å². The van der Waals surface area contributed by atoms with Crippen LogP contribution in [0.2, 0.25) is 0 Å². The average molecular weight is 408 g/mol. The molecule has 3 rings (SSSR count). The highest BCUT2D eigenvalue weighted by molar-refractivity contribution is 6.02. The fourth-order valence-electron chi connectivity index (χ4n) is 3.55. The molecule has 0 unspecified atom stereocenters. The first-order chi connectivity index (χ1) is 14.6. The number of hydrogen-bond acceptors (Lipinski definition) is 6. The van der Waals surface area contributed by atoms with Crippen molar-refractivity contribution in [2.45, 2.75) is 32.3 Å². The lowest BCUT2D eigenvalue weighted by Gasteiger charge is -2.17. The van der Waals surface area contributed by atoms with Gasteiger partial charge in [0.15, 0.2) is 11.5 Å². The van der Waals surface area contributed by atoms with Crippen molar-refractivity contribution in [2.75, 3.05) is 19.5 Å². The largest absolute Gasteiger partial charge is 0.493 e. The molecule has 1 aliphatic carbocycles. The molecule has 1 fully saturated rings. The van der Waals surface area contributed by atoms with Gasteiger partial charge in [-0.05, 0) is 18.9 Å². The van der Waals surface area contributed by atoms with Crippen molar-refractivity contribution >= 4 is 17.6 Å². The summed E-state index contributed by atoms with van der Waals surface area (Å²) in [5.41, 5.74) is 1.51. The molecule has 1 saturated carbocycles. The number of nitriles is 1. The molecule has 7 heteroatoms.